The first kappa shape index (κ1) is 17.3. The number of amides is 2. The summed E-state index contributed by atoms with van der Waals surface area (Å²) in [7, 11) is 0. The van der Waals surface area contributed by atoms with Crippen molar-refractivity contribution in [3.63, 3.8) is 0 Å². The minimum absolute atomic E-state index is 0.0193. The van der Waals surface area contributed by atoms with Gasteiger partial charge in [0.25, 0.3) is 0 Å². The lowest BCUT2D eigenvalue weighted by Gasteiger charge is -2.30. The fraction of sp³-hybridized carbons (Fsp3) is 0.786. The largest absolute Gasteiger partial charge is 0.481 e. The highest BCUT2D eigenvalue weighted by atomic mass is 16.5. The minimum Gasteiger partial charge on any atom is -0.481 e. The van der Waals surface area contributed by atoms with E-state index in [2.05, 4.69) is 5.32 Å². The molecule has 0 atom stereocenters. The molecular formula is C14H24N2O5. The number of ether oxygens (including phenoxy) is 1. The Hall–Kier alpha value is -1.79. The zero-order chi connectivity index (χ0) is 16.0. The van der Waals surface area contributed by atoms with E-state index in [1.807, 2.05) is 0 Å². The Labute approximate surface area is 124 Å². The van der Waals surface area contributed by atoms with E-state index in [-0.39, 0.29) is 31.6 Å². The number of urea groups is 1. The number of hydrogen-bond donors (Lipinski definition) is 2. The van der Waals surface area contributed by atoms with Gasteiger partial charge in [-0.3, -0.25) is 9.59 Å². The van der Waals surface area contributed by atoms with Crippen LogP contribution in [0.25, 0.3) is 0 Å². The van der Waals surface area contributed by atoms with Gasteiger partial charge in [0.1, 0.15) is 6.54 Å². The quantitative estimate of drug-likeness (QED) is 0.660. The van der Waals surface area contributed by atoms with Crippen LogP contribution in [0.15, 0.2) is 0 Å². The van der Waals surface area contributed by atoms with E-state index < -0.39 is 17.5 Å². The lowest BCUT2D eigenvalue weighted by atomic mass is 9.99. The minimum atomic E-state index is -0.900. The van der Waals surface area contributed by atoms with E-state index in [1.165, 1.54) is 4.90 Å². The predicted molar refractivity (Wildman–Crippen MR) is 75.8 cm³/mol. The standard InChI is InChI=1S/C14H24N2O5/c1-4-21-12(19)9-16(10-5-6-10)13(20)15-14(2,3)8-7-11(17)18/h10H,4-9H2,1-3H3,(H,15,20)(H,17,18). The molecule has 0 heterocycles. The molecule has 2 N–H and O–H groups in total. The van der Waals surface area contributed by atoms with Crippen molar-refractivity contribution in [3.05, 3.63) is 0 Å². The van der Waals surface area contributed by atoms with Crippen molar-refractivity contribution in [2.45, 2.75) is 58.0 Å². The Morgan fingerprint density at radius 3 is 2.43 bits per heavy atom. The molecule has 0 saturated heterocycles. The van der Waals surface area contributed by atoms with Crippen LogP contribution in [0.2, 0.25) is 0 Å². The van der Waals surface area contributed by atoms with Crippen molar-refractivity contribution in [2.75, 3.05) is 13.2 Å². The van der Waals surface area contributed by atoms with Gasteiger partial charge in [-0.15, -0.1) is 0 Å². The molecule has 0 radical (unpaired) electrons. The lowest BCUT2D eigenvalue weighted by molar-refractivity contribution is -0.144. The molecule has 0 aliphatic heterocycles. The highest BCUT2D eigenvalue weighted by Gasteiger charge is 2.36. The van der Waals surface area contributed by atoms with Gasteiger partial charge >= 0.3 is 18.0 Å². The van der Waals surface area contributed by atoms with Crippen LogP contribution in [0.5, 0.6) is 0 Å². The maximum absolute atomic E-state index is 12.3. The van der Waals surface area contributed by atoms with Crippen molar-refractivity contribution < 1.29 is 24.2 Å². The SMILES string of the molecule is CCOC(=O)CN(C(=O)NC(C)(C)CCC(=O)O)C1CC1. The van der Waals surface area contributed by atoms with Gasteiger partial charge in [0.15, 0.2) is 0 Å². The van der Waals surface area contributed by atoms with Crippen molar-refractivity contribution in [2.24, 2.45) is 0 Å². The summed E-state index contributed by atoms with van der Waals surface area (Å²) in [6, 6.07) is -0.273. The molecule has 0 aromatic carbocycles. The van der Waals surface area contributed by atoms with Gasteiger partial charge in [-0.1, -0.05) is 0 Å². The Bertz CT molecular complexity index is 404. The molecule has 0 bridgehead atoms. The first-order valence-electron chi connectivity index (χ1n) is 7.21. The van der Waals surface area contributed by atoms with E-state index in [4.69, 9.17) is 9.84 Å². The molecule has 21 heavy (non-hydrogen) atoms. The first-order chi connectivity index (χ1) is 9.75. The molecule has 1 aliphatic rings. The highest BCUT2D eigenvalue weighted by molar-refractivity contribution is 5.82. The molecule has 7 nitrogen and oxygen atoms in total. The highest BCUT2D eigenvalue weighted by Crippen LogP contribution is 2.27. The summed E-state index contributed by atoms with van der Waals surface area (Å²) in [6.45, 7) is 5.46. The second-order valence-corrected chi connectivity index (χ2v) is 5.87. The summed E-state index contributed by atoms with van der Waals surface area (Å²) in [5.74, 6) is -1.33. The van der Waals surface area contributed by atoms with Crippen LogP contribution in [-0.4, -0.2) is 52.7 Å². The number of nitrogens with zero attached hydrogens (tertiary/aromatic N) is 1. The van der Waals surface area contributed by atoms with Crippen molar-refractivity contribution in [3.8, 4) is 0 Å². The number of aliphatic carboxylic acids is 1. The van der Waals surface area contributed by atoms with E-state index in [0.717, 1.165) is 12.8 Å². The van der Waals surface area contributed by atoms with Crippen LogP contribution in [0.1, 0.15) is 46.5 Å². The van der Waals surface area contributed by atoms with E-state index >= 15 is 0 Å². The lowest BCUT2D eigenvalue weighted by Crippen LogP contribution is -2.52. The van der Waals surface area contributed by atoms with Crippen LogP contribution in [0, 0.1) is 0 Å². The molecule has 1 rings (SSSR count). The van der Waals surface area contributed by atoms with Crippen molar-refractivity contribution in [1.29, 1.82) is 0 Å². The summed E-state index contributed by atoms with van der Waals surface area (Å²) in [6.07, 6.45) is 2.06. The van der Waals surface area contributed by atoms with E-state index in [1.54, 1.807) is 20.8 Å². The number of carbonyl (C=O) groups is 3. The van der Waals surface area contributed by atoms with Gasteiger partial charge in [-0.2, -0.15) is 0 Å². The molecule has 120 valence electrons. The Morgan fingerprint density at radius 1 is 1.33 bits per heavy atom. The molecule has 0 aromatic heterocycles. The summed E-state index contributed by atoms with van der Waals surface area (Å²) in [5, 5.41) is 11.5. The number of hydrogen-bond acceptors (Lipinski definition) is 4. The average Bonchev–Trinajstić information content (AvgIpc) is 3.17. The second-order valence-electron chi connectivity index (χ2n) is 5.87. The van der Waals surface area contributed by atoms with Crippen LogP contribution < -0.4 is 5.32 Å². The van der Waals surface area contributed by atoms with E-state index in [0.29, 0.717) is 6.42 Å². The zero-order valence-electron chi connectivity index (χ0n) is 12.8. The van der Waals surface area contributed by atoms with Crippen LogP contribution in [0.4, 0.5) is 4.79 Å². The average molecular weight is 300 g/mol. The molecule has 2 amide bonds. The number of carboxylic acid groups (broad SMARTS) is 1. The van der Waals surface area contributed by atoms with Gasteiger partial charge in [0.2, 0.25) is 0 Å². The normalized spacial score (nSPS) is 14.4. The number of carboxylic acids is 1. The van der Waals surface area contributed by atoms with Gasteiger partial charge in [-0.05, 0) is 40.0 Å². The predicted octanol–water partition coefficient (Wildman–Crippen LogP) is 1.37. The maximum Gasteiger partial charge on any atom is 0.325 e. The van der Waals surface area contributed by atoms with Crippen molar-refractivity contribution >= 4 is 18.0 Å². The van der Waals surface area contributed by atoms with E-state index in [9.17, 15) is 14.4 Å². The molecule has 0 unspecified atom stereocenters. The molecule has 1 fully saturated rings. The second kappa shape index (κ2) is 7.28. The van der Waals surface area contributed by atoms with Crippen LogP contribution >= 0.6 is 0 Å². The Balaban J connectivity index is 2.56. The van der Waals surface area contributed by atoms with Crippen molar-refractivity contribution in [1.82, 2.24) is 10.2 Å². The smallest absolute Gasteiger partial charge is 0.325 e. The Kier molecular flexibility index (Phi) is 5.99. The van der Waals surface area contributed by atoms with Crippen LogP contribution in [0.3, 0.4) is 0 Å². The first-order valence-corrected chi connectivity index (χ1v) is 7.21. The molecule has 0 aromatic rings. The van der Waals surface area contributed by atoms with Crippen LogP contribution in [-0.2, 0) is 14.3 Å². The molecule has 1 saturated carbocycles. The third-order valence-electron chi connectivity index (χ3n) is 3.26. The number of carbonyl (C=O) groups excluding carboxylic acids is 2. The maximum atomic E-state index is 12.3. The molecule has 7 heteroatoms. The number of rotatable bonds is 8. The fourth-order valence-electron chi connectivity index (χ4n) is 1.94. The summed E-state index contributed by atoms with van der Waals surface area (Å²) < 4.78 is 4.87. The summed E-state index contributed by atoms with van der Waals surface area (Å²) in [4.78, 5) is 35.9. The van der Waals surface area contributed by atoms with Gasteiger partial charge in [0, 0.05) is 18.0 Å². The molecule has 0 spiro atoms. The van der Waals surface area contributed by atoms with Gasteiger partial charge in [0.05, 0.1) is 6.61 Å². The monoisotopic (exact) mass is 300 g/mol. The molecular weight excluding hydrogens is 276 g/mol. The third-order valence-corrected chi connectivity index (χ3v) is 3.26. The fourth-order valence-corrected chi connectivity index (χ4v) is 1.94. The number of nitrogens with one attached hydrogen (secondary N) is 1. The Morgan fingerprint density at radius 2 is 1.95 bits per heavy atom. The summed E-state index contributed by atoms with van der Waals surface area (Å²) in [5.41, 5.74) is -0.642. The third kappa shape index (κ3) is 6.46. The molecule has 1 aliphatic carbocycles. The zero-order valence-corrected chi connectivity index (χ0v) is 12.8. The van der Waals surface area contributed by atoms with Gasteiger partial charge in [-0.25, -0.2) is 4.79 Å². The topological polar surface area (TPSA) is 95.9 Å². The summed E-state index contributed by atoms with van der Waals surface area (Å²) >= 11 is 0. The van der Waals surface area contributed by atoms with Gasteiger partial charge < -0.3 is 20.1 Å². The number of esters is 1.